The number of aryl methyl sites for hydroxylation is 1. The van der Waals surface area contributed by atoms with Crippen molar-refractivity contribution in [3.05, 3.63) is 78.0 Å². The Morgan fingerprint density at radius 3 is 2.54 bits per heavy atom. The Labute approximate surface area is 219 Å². The van der Waals surface area contributed by atoms with E-state index in [1.807, 2.05) is 24.5 Å². The highest BCUT2D eigenvalue weighted by Gasteiger charge is 2.23. The maximum absolute atomic E-state index is 12.5. The van der Waals surface area contributed by atoms with Crippen LogP contribution < -0.4 is 15.0 Å². The Bertz CT molecular complexity index is 1160. The minimum atomic E-state index is 0.0232. The second-order valence-corrected chi connectivity index (χ2v) is 10.0. The zero-order chi connectivity index (χ0) is 25.5. The van der Waals surface area contributed by atoms with E-state index < -0.39 is 0 Å². The van der Waals surface area contributed by atoms with Crippen molar-refractivity contribution in [1.29, 1.82) is 0 Å². The van der Waals surface area contributed by atoms with E-state index in [9.17, 15) is 4.79 Å². The van der Waals surface area contributed by atoms with Gasteiger partial charge in [0.25, 0.3) is 0 Å². The van der Waals surface area contributed by atoms with Gasteiger partial charge in [-0.15, -0.1) is 0 Å². The molecular weight excluding hydrogens is 464 g/mol. The lowest BCUT2D eigenvalue weighted by Gasteiger charge is -2.31. The van der Waals surface area contributed by atoms with E-state index in [4.69, 9.17) is 9.15 Å². The largest absolute Gasteiger partial charge is 0.493 e. The van der Waals surface area contributed by atoms with Crippen LogP contribution in [-0.4, -0.2) is 35.6 Å². The van der Waals surface area contributed by atoms with Crippen LogP contribution in [0.5, 0.6) is 5.75 Å². The lowest BCUT2D eigenvalue weighted by atomic mass is 9.86. The molecule has 37 heavy (non-hydrogen) atoms. The zero-order valence-electron chi connectivity index (χ0n) is 21.6. The molecule has 2 aliphatic rings. The lowest BCUT2D eigenvalue weighted by molar-refractivity contribution is -0.125. The van der Waals surface area contributed by atoms with Crippen molar-refractivity contribution in [3.63, 3.8) is 0 Å². The minimum Gasteiger partial charge on any atom is -0.493 e. The SMILES string of the molecule is CCc1cnc(N2CCC(COc3ccc(C4=CCC(C(=O)NCc5ccco5)CC4)cc3)CC2)nc1. The standard InChI is InChI=1S/C30H36N4O3/c1-2-22-18-32-30(33-19-22)34-15-13-23(14-16-34)21-37-27-11-9-25(10-12-27)24-5-7-26(8-6-24)29(35)31-20-28-4-3-17-36-28/h3-5,9-12,17-19,23,26H,2,6-8,13-16,20-21H2,1H3,(H,31,35). The third-order valence-corrected chi connectivity index (χ3v) is 7.51. The van der Waals surface area contributed by atoms with Crippen LogP contribution in [0.2, 0.25) is 0 Å². The van der Waals surface area contributed by atoms with E-state index in [2.05, 4.69) is 57.4 Å². The summed E-state index contributed by atoms with van der Waals surface area (Å²) < 4.78 is 11.4. The summed E-state index contributed by atoms with van der Waals surface area (Å²) in [5.74, 6) is 3.20. The van der Waals surface area contributed by atoms with E-state index in [-0.39, 0.29) is 11.8 Å². The first-order valence-electron chi connectivity index (χ1n) is 13.5. The summed E-state index contributed by atoms with van der Waals surface area (Å²) >= 11 is 0. The minimum absolute atomic E-state index is 0.0232. The number of carbonyl (C=O) groups excluding carboxylic acids is 1. The monoisotopic (exact) mass is 500 g/mol. The number of nitrogens with one attached hydrogen (secondary N) is 1. The molecule has 3 aromatic rings. The number of amides is 1. The number of furan rings is 1. The molecule has 1 amide bonds. The first-order chi connectivity index (χ1) is 18.2. The molecular formula is C30H36N4O3. The van der Waals surface area contributed by atoms with Gasteiger partial charge in [-0.1, -0.05) is 25.1 Å². The molecule has 7 heteroatoms. The molecule has 1 unspecified atom stereocenters. The second-order valence-electron chi connectivity index (χ2n) is 10.0. The van der Waals surface area contributed by atoms with Crippen LogP contribution in [0.3, 0.4) is 0 Å². The molecule has 0 saturated carbocycles. The smallest absolute Gasteiger partial charge is 0.225 e. The summed E-state index contributed by atoms with van der Waals surface area (Å²) in [6, 6.07) is 12.1. The summed E-state index contributed by atoms with van der Waals surface area (Å²) in [5, 5.41) is 2.99. The molecule has 194 valence electrons. The number of hydrogen-bond donors (Lipinski definition) is 1. The van der Waals surface area contributed by atoms with Crippen molar-refractivity contribution in [1.82, 2.24) is 15.3 Å². The average Bonchev–Trinajstić information content (AvgIpc) is 3.49. The van der Waals surface area contributed by atoms with Gasteiger partial charge >= 0.3 is 0 Å². The Kier molecular flexibility index (Phi) is 8.18. The van der Waals surface area contributed by atoms with Gasteiger partial charge in [0.05, 0.1) is 19.4 Å². The Balaban J connectivity index is 1.04. The van der Waals surface area contributed by atoms with Gasteiger partial charge in [0, 0.05) is 31.4 Å². The van der Waals surface area contributed by atoms with Gasteiger partial charge < -0.3 is 19.4 Å². The molecule has 7 nitrogen and oxygen atoms in total. The second kappa shape index (κ2) is 12.1. The quantitative estimate of drug-likeness (QED) is 0.422. The van der Waals surface area contributed by atoms with Crippen LogP contribution in [0.4, 0.5) is 5.95 Å². The number of allylic oxidation sites excluding steroid dienone is 2. The van der Waals surface area contributed by atoms with Crippen molar-refractivity contribution in [2.45, 2.75) is 52.0 Å². The summed E-state index contributed by atoms with van der Waals surface area (Å²) in [6.45, 7) is 5.23. The molecule has 1 saturated heterocycles. The molecule has 0 radical (unpaired) electrons. The number of ether oxygens (including phenoxy) is 1. The summed E-state index contributed by atoms with van der Waals surface area (Å²) in [6.07, 6.45) is 13.4. The lowest BCUT2D eigenvalue weighted by Crippen LogP contribution is -2.36. The summed E-state index contributed by atoms with van der Waals surface area (Å²) in [5.41, 5.74) is 3.69. The fourth-order valence-electron chi connectivity index (χ4n) is 5.04. The molecule has 0 spiro atoms. The topological polar surface area (TPSA) is 80.5 Å². The van der Waals surface area contributed by atoms with Crippen molar-refractivity contribution in [2.24, 2.45) is 11.8 Å². The van der Waals surface area contributed by atoms with Crippen molar-refractivity contribution < 1.29 is 13.9 Å². The highest BCUT2D eigenvalue weighted by atomic mass is 16.5. The molecule has 1 atom stereocenters. The third-order valence-electron chi connectivity index (χ3n) is 7.51. The van der Waals surface area contributed by atoms with E-state index in [0.29, 0.717) is 12.5 Å². The predicted molar refractivity (Wildman–Crippen MR) is 144 cm³/mol. The maximum Gasteiger partial charge on any atom is 0.225 e. The van der Waals surface area contributed by atoms with Crippen LogP contribution in [0.1, 0.15) is 55.9 Å². The van der Waals surface area contributed by atoms with Gasteiger partial charge in [0.2, 0.25) is 11.9 Å². The number of hydrogen-bond acceptors (Lipinski definition) is 6. The van der Waals surface area contributed by atoms with Gasteiger partial charge in [0.15, 0.2) is 0 Å². The van der Waals surface area contributed by atoms with Gasteiger partial charge in [-0.05, 0) is 85.4 Å². The van der Waals surface area contributed by atoms with E-state index in [0.717, 1.165) is 75.7 Å². The average molecular weight is 501 g/mol. The molecule has 1 aliphatic heterocycles. The van der Waals surface area contributed by atoms with E-state index in [1.54, 1.807) is 6.26 Å². The van der Waals surface area contributed by atoms with Crippen molar-refractivity contribution in [2.75, 3.05) is 24.6 Å². The molecule has 5 rings (SSSR count). The fraction of sp³-hybridized carbons (Fsp3) is 0.433. The predicted octanol–water partition coefficient (Wildman–Crippen LogP) is 5.43. The number of carbonyl (C=O) groups is 1. The molecule has 3 heterocycles. The van der Waals surface area contributed by atoms with Gasteiger partial charge in [-0.3, -0.25) is 4.79 Å². The maximum atomic E-state index is 12.5. The first-order valence-corrected chi connectivity index (χ1v) is 13.5. The Morgan fingerprint density at radius 2 is 1.89 bits per heavy atom. The highest BCUT2D eigenvalue weighted by Crippen LogP contribution is 2.31. The number of anilines is 1. The Hall–Kier alpha value is -3.61. The number of benzene rings is 1. The van der Waals surface area contributed by atoms with Crippen molar-refractivity contribution >= 4 is 17.4 Å². The number of piperidine rings is 1. The molecule has 1 fully saturated rings. The highest BCUT2D eigenvalue weighted by molar-refractivity contribution is 5.80. The van der Waals surface area contributed by atoms with Gasteiger partial charge in [-0.2, -0.15) is 0 Å². The molecule has 2 aromatic heterocycles. The normalized spacial score (nSPS) is 18.4. The summed E-state index contributed by atoms with van der Waals surface area (Å²) in [4.78, 5) is 23.8. The Morgan fingerprint density at radius 1 is 1.11 bits per heavy atom. The number of aromatic nitrogens is 2. The fourth-order valence-corrected chi connectivity index (χ4v) is 5.04. The third kappa shape index (κ3) is 6.59. The van der Waals surface area contributed by atoms with Crippen LogP contribution in [0.25, 0.3) is 5.57 Å². The van der Waals surface area contributed by atoms with Crippen molar-refractivity contribution in [3.8, 4) is 5.75 Å². The van der Waals surface area contributed by atoms with Crippen LogP contribution in [-0.2, 0) is 17.8 Å². The molecule has 1 aliphatic carbocycles. The van der Waals surface area contributed by atoms with E-state index >= 15 is 0 Å². The van der Waals surface area contributed by atoms with Crippen LogP contribution in [0.15, 0.2) is 65.5 Å². The van der Waals surface area contributed by atoms with Gasteiger partial charge in [0.1, 0.15) is 11.5 Å². The number of rotatable bonds is 9. The molecule has 1 aromatic carbocycles. The van der Waals surface area contributed by atoms with Crippen LogP contribution in [0, 0.1) is 11.8 Å². The summed E-state index contributed by atoms with van der Waals surface area (Å²) in [7, 11) is 0. The van der Waals surface area contributed by atoms with Gasteiger partial charge in [-0.25, -0.2) is 9.97 Å². The number of nitrogens with zero attached hydrogens (tertiary/aromatic N) is 3. The first kappa shape index (κ1) is 25.1. The van der Waals surface area contributed by atoms with Crippen LogP contribution >= 0.6 is 0 Å². The van der Waals surface area contributed by atoms with E-state index in [1.165, 1.54) is 16.7 Å². The molecule has 1 N–H and O–H groups in total. The zero-order valence-corrected chi connectivity index (χ0v) is 21.6. The molecule has 0 bridgehead atoms.